The van der Waals surface area contributed by atoms with Crippen molar-refractivity contribution in [3.63, 3.8) is 0 Å². The largest absolute Gasteiger partial charge is 0.455 e. The first-order valence-corrected chi connectivity index (χ1v) is 12.0. The van der Waals surface area contributed by atoms with E-state index < -0.39 is 16.6 Å². The van der Waals surface area contributed by atoms with Gasteiger partial charge in [-0.05, 0) is 37.8 Å². The molecule has 1 nitrogen and oxygen atoms in total. The Hall–Kier alpha value is 0.394. The van der Waals surface area contributed by atoms with Crippen molar-refractivity contribution in [3.8, 4) is 0 Å². The molecule has 3 heteroatoms. The van der Waals surface area contributed by atoms with Crippen LogP contribution in [0.5, 0.6) is 0 Å². The van der Waals surface area contributed by atoms with Crippen molar-refractivity contribution in [1.29, 1.82) is 0 Å². The normalized spacial score (nSPS) is 13.7. The smallest absolute Gasteiger partial charge is 0.176 e. The highest BCUT2D eigenvalue weighted by molar-refractivity contribution is 6.85. The van der Waals surface area contributed by atoms with Crippen molar-refractivity contribution in [3.05, 3.63) is 0 Å². The fourth-order valence-corrected chi connectivity index (χ4v) is 9.74. The summed E-state index contributed by atoms with van der Waals surface area (Å²) < 4.78 is 6.47. The van der Waals surface area contributed by atoms with Crippen molar-refractivity contribution in [2.24, 2.45) is 0 Å². The van der Waals surface area contributed by atoms with E-state index in [2.05, 4.69) is 47.0 Å². The molecule has 0 fully saturated rings. The van der Waals surface area contributed by atoms with Crippen molar-refractivity contribution < 1.29 is 4.12 Å². The highest BCUT2D eigenvalue weighted by atomic mass is 28.4. The number of hydrogen-bond acceptors (Lipinski definition) is 1. The van der Waals surface area contributed by atoms with Gasteiger partial charge < -0.3 is 4.12 Å². The van der Waals surface area contributed by atoms with Crippen molar-refractivity contribution in [2.45, 2.75) is 71.4 Å². The molecule has 0 aliphatic carbocycles. The van der Waals surface area contributed by atoms with Gasteiger partial charge in [0, 0.05) is 0 Å². The first kappa shape index (κ1) is 14.4. The third kappa shape index (κ3) is 5.32. The van der Waals surface area contributed by atoms with Gasteiger partial charge in [0.1, 0.15) is 0 Å². The molecule has 0 aromatic heterocycles. The average Bonchev–Trinajstić information content (AvgIpc) is 1.99. The zero-order chi connectivity index (χ0) is 11.4. The lowest BCUT2D eigenvalue weighted by Gasteiger charge is -2.36. The van der Waals surface area contributed by atoms with Gasteiger partial charge in [-0.25, -0.2) is 0 Å². The maximum atomic E-state index is 6.47. The molecule has 0 rings (SSSR count). The number of hydrogen-bond donors (Lipinski definition) is 0. The summed E-state index contributed by atoms with van der Waals surface area (Å²) in [6, 6.07) is 1.33. The summed E-state index contributed by atoms with van der Waals surface area (Å²) in [5, 5.41) is 0. The Balaban J connectivity index is 4.19. The molecular weight excluding hydrogens is 204 g/mol. The fourth-order valence-electron chi connectivity index (χ4n) is 1.48. The zero-order valence-corrected chi connectivity index (χ0v) is 13.1. The van der Waals surface area contributed by atoms with Gasteiger partial charge in [-0.15, -0.1) is 0 Å². The van der Waals surface area contributed by atoms with Crippen LogP contribution in [-0.2, 0) is 4.12 Å². The van der Waals surface area contributed by atoms with Crippen LogP contribution >= 0.6 is 0 Å². The summed E-state index contributed by atoms with van der Waals surface area (Å²) in [6.45, 7) is 16.3. The average molecular weight is 233 g/mol. The lowest BCUT2D eigenvalue weighted by Crippen LogP contribution is -2.46. The van der Waals surface area contributed by atoms with Gasteiger partial charge in [-0.1, -0.05) is 33.6 Å². The van der Waals surface area contributed by atoms with Crippen LogP contribution in [0.4, 0.5) is 0 Å². The molecule has 86 valence electrons. The monoisotopic (exact) mass is 232 g/mol. The highest BCUT2D eigenvalue weighted by Gasteiger charge is 2.34. The minimum absolute atomic E-state index is 0.732. The summed E-state index contributed by atoms with van der Waals surface area (Å²) in [6.07, 6.45) is 2.63. The Bertz CT molecular complexity index is 165. The van der Waals surface area contributed by atoms with Crippen LogP contribution in [0.2, 0.25) is 37.8 Å². The quantitative estimate of drug-likeness (QED) is 0.607. The maximum absolute atomic E-state index is 6.47. The van der Waals surface area contributed by atoms with Crippen LogP contribution in [0.25, 0.3) is 0 Å². The molecular formula is C11H28OSi2. The summed E-state index contributed by atoms with van der Waals surface area (Å²) in [5.41, 5.74) is 0.732. The summed E-state index contributed by atoms with van der Waals surface area (Å²) in [7, 11) is -2.77. The maximum Gasteiger partial charge on any atom is 0.176 e. The predicted octanol–water partition coefficient (Wildman–Crippen LogP) is 4.62. The minimum atomic E-state index is -1.40. The first-order valence-electron chi connectivity index (χ1n) is 5.91. The molecule has 0 atom stereocenters. The molecule has 0 heterocycles. The summed E-state index contributed by atoms with van der Waals surface area (Å²) in [5.74, 6) is 0. The summed E-state index contributed by atoms with van der Waals surface area (Å²) >= 11 is 0. The van der Waals surface area contributed by atoms with Crippen LogP contribution in [0.15, 0.2) is 0 Å². The second kappa shape index (κ2) is 5.47. The van der Waals surface area contributed by atoms with E-state index in [0.29, 0.717) is 0 Å². The predicted molar refractivity (Wildman–Crippen MR) is 70.9 cm³/mol. The lowest BCUT2D eigenvalue weighted by molar-refractivity contribution is 0.520. The van der Waals surface area contributed by atoms with Crippen LogP contribution in [-0.4, -0.2) is 16.6 Å². The van der Waals surface area contributed by atoms with Gasteiger partial charge in [0.05, 0.1) is 0 Å². The Morgan fingerprint density at radius 3 is 1.93 bits per heavy atom. The molecule has 0 saturated heterocycles. The number of unbranched alkanes of at least 4 members (excludes halogenated alkanes) is 1. The van der Waals surface area contributed by atoms with E-state index in [4.69, 9.17) is 4.12 Å². The molecule has 0 unspecified atom stereocenters. The van der Waals surface area contributed by atoms with Crippen LogP contribution in [0.3, 0.4) is 0 Å². The molecule has 0 aromatic carbocycles. The SMILES string of the molecule is CCCC[Si](C)(C)O[Si](C)(C)C(C)C. The highest BCUT2D eigenvalue weighted by Crippen LogP contribution is 2.28. The minimum Gasteiger partial charge on any atom is -0.455 e. The molecule has 0 saturated carbocycles. The van der Waals surface area contributed by atoms with E-state index in [-0.39, 0.29) is 0 Å². The van der Waals surface area contributed by atoms with E-state index in [1.54, 1.807) is 0 Å². The Morgan fingerprint density at radius 1 is 1.07 bits per heavy atom. The van der Waals surface area contributed by atoms with E-state index in [1.165, 1.54) is 18.9 Å². The number of rotatable bonds is 6. The van der Waals surface area contributed by atoms with Gasteiger partial charge in [-0.3, -0.25) is 0 Å². The van der Waals surface area contributed by atoms with Gasteiger partial charge in [0.2, 0.25) is 0 Å². The van der Waals surface area contributed by atoms with Crippen LogP contribution < -0.4 is 0 Å². The summed E-state index contributed by atoms with van der Waals surface area (Å²) in [4.78, 5) is 0. The molecule has 0 radical (unpaired) electrons. The van der Waals surface area contributed by atoms with E-state index >= 15 is 0 Å². The fraction of sp³-hybridized carbons (Fsp3) is 1.00. The lowest BCUT2D eigenvalue weighted by atomic mass is 10.4. The molecule has 0 N–H and O–H groups in total. The third-order valence-electron chi connectivity index (χ3n) is 3.06. The third-order valence-corrected chi connectivity index (χ3v) is 11.7. The van der Waals surface area contributed by atoms with Gasteiger partial charge in [0.25, 0.3) is 0 Å². The topological polar surface area (TPSA) is 9.23 Å². The molecule has 0 aliphatic heterocycles. The van der Waals surface area contributed by atoms with Gasteiger partial charge >= 0.3 is 0 Å². The van der Waals surface area contributed by atoms with E-state index in [0.717, 1.165) is 5.54 Å². The Morgan fingerprint density at radius 2 is 1.57 bits per heavy atom. The molecule has 0 aliphatic rings. The van der Waals surface area contributed by atoms with Gasteiger partial charge in [-0.2, -0.15) is 0 Å². The Kier molecular flexibility index (Phi) is 5.62. The van der Waals surface area contributed by atoms with E-state index in [9.17, 15) is 0 Å². The molecule has 0 aromatic rings. The van der Waals surface area contributed by atoms with Crippen molar-refractivity contribution in [1.82, 2.24) is 0 Å². The Labute approximate surface area is 92.5 Å². The zero-order valence-electron chi connectivity index (χ0n) is 11.1. The standard InChI is InChI=1S/C11H28OSi2/c1-8-9-10-13(4,5)12-14(6,7)11(2)3/h11H,8-10H2,1-7H3. The molecule has 0 bridgehead atoms. The second-order valence-electron chi connectivity index (χ2n) is 5.72. The van der Waals surface area contributed by atoms with Crippen molar-refractivity contribution in [2.75, 3.05) is 0 Å². The molecule has 0 spiro atoms. The van der Waals surface area contributed by atoms with Crippen molar-refractivity contribution >= 4 is 16.6 Å². The first-order chi connectivity index (χ1) is 6.21. The molecule has 14 heavy (non-hydrogen) atoms. The van der Waals surface area contributed by atoms with E-state index in [1.807, 2.05) is 0 Å². The van der Waals surface area contributed by atoms with Gasteiger partial charge in [0.15, 0.2) is 16.6 Å². The van der Waals surface area contributed by atoms with Crippen LogP contribution in [0, 0.1) is 0 Å². The second-order valence-corrected chi connectivity index (χ2v) is 14.9. The molecule has 0 amide bonds. The van der Waals surface area contributed by atoms with Crippen LogP contribution in [0.1, 0.15) is 33.6 Å².